The minimum atomic E-state index is -2.30. The van der Waals surface area contributed by atoms with Crippen LogP contribution in [-0.2, 0) is 14.3 Å². The normalized spacial score (nSPS) is 27.1. The van der Waals surface area contributed by atoms with Crippen molar-refractivity contribution in [3.05, 3.63) is 57.6 Å². The van der Waals surface area contributed by atoms with E-state index in [1.165, 1.54) is 18.2 Å². The van der Waals surface area contributed by atoms with Crippen LogP contribution in [0.1, 0.15) is 10.4 Å². The van der Waals surface area contributed by atoms with E-state index in [-0.39, 0.29) is 10.6 Å². The van der Waals surface area contributed by atoms with Crippen molar-refractivity contribution in [1.29, 1.82) is 0 Å². The quantitative estimate of drug-likeness (QED) is 0.205. The number of benzene rings is 1. The van der Waals surface area contributed by atoms with E-state index in [0.29, 0.717) is 0 Å². The number of aliphatic hydroxyl groups is 1. The van der Waals surface area contributed by atoms with Crippen LogP contribution in [0.3, 0.4) is 0 Å². The summed E-state index contributed by atoms with van der Waals surface area (Å²) in [7, 11) is 0. The van der Waals surface area contributed by atoms with Crippen LogP contribution >= 0.6 is 11.6 Å². The zero-order valence-electron chi connectivity index (χ0n) is 13.7. The van der Waals surface area contributed by atoms with Crippen molar-refractivity contribution in [3.8, 4) is 0 Å². The number of nitrogens with zero attached hydrogens (tertiary/aromatic N) is 3. The van der Waals surface area contributed by atoms with E-state index >= 15 is 0 Å². The molecule has 10 nitrogen and oxygen atoms in total. The Bertz CT molecular complexity index is 803. The first kappa shape index (κ1) is 20.5. The van der Waals surface area contributed by atoms with E-state index < -0.39 is 42.7 Å². The molecule has 1 aromatic rings. The summed E-state index contributed by atoms with van der Waals surface area (Å²) in [5, 5.41) is 15.9. The molecule has 0 radical (unpaired) electrons. The molecule has 0 bridgehead atoms. The molecule has 0 aliphatic carbocycles. The van der Waals surface area contributed by atoms with Crippen molar-refractivity contribution >= 4 is 23.5 Å². The average Bonchev–Trinajstić information content (AvgIpc) is 2.85. The minimum absolute atomic E-state index is 0.0895. The van der Waals surface area contributed by atoms with Gasteiger partial charge in [-0.1, -0.05) is 22.8 Å². The Morgan fingerprint density at radius 3 is 2.96 bits per heavy atom. The highest BCUT2D eigenvalue weighted by atomic mass is 35.5. The molecule has 1 aromatic carbocycles. The summed E-state index contributed by atoms with van der Waals surface area (Å²) < 4.78 is 24.8. The van der Waals surface area contributed by atoms with Gasteiger partial charge < -0.3 is 25.6 Å². The smallest absolute Gasteiger partial charge is 0.338 e. The molecule has 1 fully saturated rings. The number of hydrogen-bond acceptors (Lipinski definition) is 7. The van der Waals surface area contributed by atoms with Crippen LogP contribution in [0.4, 0.5) is 4.39 Å². The predicted molar refractivity (Wildman–Crippen MR) is 90.9 cm³/mol. The molecule has 1 unspecified atom stereocenters. The Labute approximate surface area is 157 Å². The number of nitrogens with one attached hydrogen (secondary N) is 1. The molecule has 144 valence electrons. The summed E-state index contributed by atoms with van der Waals surface area (Å²) in [6.45, 7) is -0.807. The second-order valence-corrected chi connectivity index (χ2v) is 5.89. The van der Waals surface area contributed by atoms with E-state index in [1.54, 1.807) is 6.07 Å². The number of carbonyl (C=O) groups excluding carboxylic acids is 2. The fourth-order valence-corrected chi connectivity index (χ4v) is 2.49. The van der Waals surface area contributed by atoms with Gasteiger partial charge in [-0.2, -0.15) is 0 Å². The molecule has 1 aliphatic rings. The SMILES string of the molecule is [N-]=[N+]=N[C@]1(COC(=O)c2cccc(Cl)c2)O[C@@H](N/C=C\C(N)=O)[C@H](O)C1F. The molecule has 0 aromatic heterocycles. The van der Waals surface area contributed by atoms with Crippen molar-refractivity contribution in [1.82, 2.24) is 5.32 Å². The van der Waals surface area contributed by atoms with E-state index in [2.05, 4.69) is 15.3 Å². The van der Waals surface area contributed by atoms with E-state index in [0.717, 1.165) is 12.3 Å². The maximum Gasteiger partial charge on any atom is 0.338 e. The molecule has 2 rings (SSSR count). The summed E-state index contributed by atoms with van der Waals surface area (Å²) in [5.41, 5.74) is 11.4. The summed E-state index contributed by atoms with van der Waals surface area (Å²) in [5.74, 6) is -1.65. The number of hydrogen-bond donors (Lipinski definition) is 3. The van der Waals surface area contributed by atoms with Crippen LogP contribution in [0, 0.1) is 0 Å². The van der Waals surface area contributed by atoms with E-state index in [4.69, 9.17) is 32.3 Å². The first-order valence-electron chi connectivity index (χ1n) is 7.50. The number of rotatable bonds is 7. The van der Waals surface area contributed by atoms with Crippen LogP contribution in [0.15, 0.2) is 41.7 Å². The highest BCUT2D eigenvalue weighted by molar-refractivity contribution is 6.30. The lowest BCUT2D eigenvalue weighted by Crippen LogP contribution is -2.43. The number of amides is 1. The Balaban J connectivity index is 2.13. The summed E-state index contributed by atoms with van der Waals surface area (Å²) in [6, 6.07) is 5.82. The van der Waals surface area contributed by atoms with Crippen molar-refractivity contribution in [2.24, 2.45) is 10.8 Å². The van der Waals surface area contributed by atoms with Crippen LogP contribution in [0.5, 0.6) is 0 Å². The van der Waals surface area contributed by atoms with Gasteiger partial charge in [-0.15, -0.1) is 0 Å². The van der Waals surface area contributed by atoms with Gasteiger partial charge in [0.15, 0.2) is 12.4 Å². The van der Waals surface area contributed by atoms with Gasteiger partial charge in [0.2, 0.25) is 11.6 Å². The zero-order chi connectivity index (χ0) is 20.0. The number of azide groups is 1. The van der Waals surface area contributed by atoms with E-state index in [1.807, 2.05) is 0 Å². The maximum atomic E-state index is 14.6. The Kier molecular flexibility index (Phi) is 6.59. The lowest BCUT2D eigenvalue weighted by molar-refractivity contribution is -0.113. The van der Waals surface area contributed by atoms with Gasteiger partial charge in [-0.05, 0) is 23.7 Å². The number of nitrogens with two attached hydrogens (primary N) is 1. The monoisotopic (exact) mass is 399 g/mol. The summed E-state index contributed by atoms with van der Waals surface area (Å²) in [6.07, 6.45) is -3.44. The van der Waals surface area contributed by atoms with Gasteiger partial charge in [0.1, 0.15) is 12.7 Å². The topological polar surface area (TPSA) is 160 Å². The third kappa shape index (κ3) is 4.86. The standard InChI is InChI=1S/C15H15ClFN5O5/c16-9-3-1-2-8(6-9)14(25)26-7-15(21-22-19)12(17)11(24)13(27-15)20-5-4-10(18)23/h1-6,11-13,20,24H,7H2,(H2,18,23)/b5-4-/t11-,12?,13-,15-/m1/s1. The van der Waals surface area contributed by atoms with Crippen LogP contribution in [-0.4, -0.2) is 47.8 Å². The molecule has 1 aliphatic heterocycles. The Hall–Kier alpha value is -2.85. The molecule has 1 saturated heterocycles. The lowest BCUT2D eigenvalue weighted by atomic mass is 10.1. The van der Waals surface area contributed by atoms with Gasteiger partial charge in [-0.25, -0.2) is 9.18 Å². The van der Waals surface area contributed by atoms with Crippen molar-refractivity contribution in [3.63, 3.8) is 0 Å². The van der Waals surface area contributed by atoms with Crippen molar-refractivity contribution in [2.75, 3.05) is 6.61 Å². The fraction of sp³-hybridized carbons (Fsp3) is 0.333. The highest BCUT2D eigenvalue weighted by Crippen LogP contribution is 2.35. The maximum absolute atomic E-state index is 14.6. The molecular formula is C15H15ClFN5O5. The molecule has 1 heterocycles. The second kappa shape index (κ2) is 8.69. The summed E-state index contributed by atoms with van der Waals surface area (Å²) in [4.78, 5) is 25.3. The molecule has 27 heavy (non-hydrogen) atoms. The third-order valence-electron chi connectivity index (χ3n) is 3.56. The summed E-state index contributed by atoms with van der Waals surface area (Å²) >= 11 is 5.79. The zero-order valence-corrected chi connectivity index (χ0v) is 14.4. The number of esters is 1. The van der Waals surface area contributed by atoms with Gasteiger partial charge in [0.05, 0.1) is 5.56 Å². The lowest BCUT2D eigenvalue weighted by Gasteiger charge is -2.24. The van der Waals surface area contributed by atoms with Gasteiger partial charge >= 0.3 is 5.97 Å². The first-order chi connectivity index (χ1) is 12.8. The van der Waals surface area contributed by atoms with E-state index in [9.17, 15) is 19.1 Å². The molecule has 12 heteroatoms. The van der Waals surface area contributed by atoms with Gasteiger partial charge in [0.25, 0.3) is 0 Å². The number of aliphatic hydroxyl groups excluding tert-OH is 1. The van der Waals surface area contributed by atoms with Crippen molar-refractivity contribution < 1.29 is 28.6 Å². The first-order valence-corrected chi connectivity index (χ1v) is 7.88. The molecule has 4 N–H and O–H groups in total. The average molecular weight is 400 g/mol. The third-order valence-corrected chi connectivity index (χ3v) is 3.80. The predicted octanol–water partition coefficient (Wildman–Crippen LogP) is 1.15. The number of primary amides is 1. The number of carbonyl (C=O) groups is 2. The largest absolute Gasteiger partial charge is 0.459 e. The molecular weight excluding hydrogens is 385 g/mol. The molecule has 0 spiro atoms. The molecule has 1 amide bonds. The van der Waals surface area contributed by atoms with Gasteiger partial charge in [-0.3, -0.25) is 4.79 Å². The molecule has 4 atom stereocenters. The Morgan fingerprint density at radius 2 is 2.33 bits per heavy atom. The second-order valence-electron chi connectivity index (χ2n) is 5.45. The van der Waals surface area contributed by atoms with Crippen LogP contribution in [0.25, 0.3) is 10.4 Å². The van der Waals surface area contributed by atoms with Crippen LogP contribution < -0.4 is 11.1 Å². The molecule has 0 saturated carbocycles. The van der Waals surface area contributed by atoms with Crippen LogP contribution in [0.2, 0.25) is 5.02 Å². The van der Waals surface area contributed by atoms with Gasteiger partial charge in [0, 0.05) is 22.2 Å². The number of halogens is 2. The number of alkyl halides is 1. The number of ether oxygens (including phenoxy) is 2. The van der Waals surface area contributed by atoms with Crippen molar-refractivity contribution in [2.45, 2.75) is 24.2 Å². The Morgan fingerprint density at radius 1 is 1.59 bits per heavy atom. The highest BCUT2D eigenvalue weighted by Gasteiger charge is 2.56. The minimum Gasteiger partial charge on any atom is -0.459 e. The fourth-order valence-electron chi connectivity index (χ4n) is 2.30.